The molecule has 0 spiro atoms. The molecule has 6 nitrogen and oxygen atoms in total. The zero-order valence-corrected chi connectivity index (χ0v) is 16.6. The van der Waals surface area contributed by atoms with Crippen LogP contribution in [0.1, 0.15) is 36.2 Å². The molecule has 0 saturated heterocycles. The molecular weight excluding hydrogens is 366 g/mol. The summed E-state index contributed by atoms with van der Waals surface area (Å²) in [6, 6.07) is 15.5. The van der Waals surface area contributed by atoms with Crippen LogP contribution in [-0.2, 0) is 11.3 Å². The average molecular weight is 389 g/mol. The molecule has 2 heterocycles. The summed E-state index contributed by atoms with van der Waals surface area (Å²) in [6.07, 6.45) is 0.852. The Hall–Kier alpha value is -3.46. The van der Waals surface area contributed by atoms with Crippen LogP contribution in [0.25, 0.3) is 10.9 Å². The Morgan fingerprint density at radius 2 is 1.97 bits per heavy atom. The maximum Gasteiger partial charge on any atom is 0.240 e. The minimum atomic E-state index is -0.183. The van der Waals surface area contributed by atoms with Gasteiger partial charge in [0.15, 0.2) is 11.5 Å². The fraction of sp³-hybridized carbons (Fsp3) is 0.304. The molecule has 0 fully saturated rings. The summed E-state index contributed by atoms with van der Waals surface area (Å²) in [6.45, 7) is 5.24. The molecular formula is C23H23N3O3. The summed E-state index contributed by atoms with van der Waals surface area (Å²) < 4.78 is 13.3. The van der Waals surface area contributed by atoms with E-state index in [2.05, 4.69) is 11.4 Å². The van der Waals surface area contributed by atoms with Crippen LogP contribution in [-0.4, -0.2) is 23.7 Å². The predicted molar refractivity (Wildman–Crippen MR) is 110 cm³/mol. The minimum absolute atomic E-state index is 0.113. The van der Waals surface area contributed by atoms with E-state index < -0.39 is 0 Å². The molecule has 148 valence electrons. The first-order chi connectivity index (χ1) is 14.1. The first kappa shape index (κ1) is 18.9. The lowest BCUT2D eigenvalue weighted by Gasteiger charge is -2.17. The van der Waals surface area contributed by atoms with Crippen molar-refractivity contribution in [3.05, 3.63) is 59.3 Å². The number of carbonyl (C=O) groups is 1. The largest absolute Gasteiger partial charge is 0.490 e. The number of nitriles is 1. The van der Waals surface area contributed by atoms with Gasteiger partial charge in [-0.2, -0.15) is 5.26 Å². The fourth-order valence-corrected chi connectivity index (χ4v) is 3.74. The fourth-order valence-electron chi connectivity index (χ4n) is 3.74. The van der Waals surface area contributed by atoms with Gasteiger partial charge in [0.25, 0.3) is 0 Å². The SMILES string of the molecule is Cc1c(C#N)c2ccccc2n1CC(=O)N[C@H](C)c1ccc2c(c1)OCCCO2. The van der Waals surface area contributed by atoms with Crippen molar-refractivity contribution < 1.29 is 14.3 Å². The zero-order valence-electron chi connectivity index (χ0n) is 16.6. The Morgan fingerprint density at radius 3 is 2.76 bits per heavy atom. The van der Waals surface area contributed by atoms with Crippen LogP contribution in [0.5, 0.6) is 11.5 Å². The van der Waals surface area contributed by atoms with E-state index in [1.165, 1.54) is 0 Å². The van der Waals surface area contributed by atoms with E-state index in [1.54, 1.807) is 0 Å². The Labute approximate surface area is 169 Å². The average Bonchev–Trinajstić information content (AvgIpc) is 2.87. The minimum Gasteiger partial charge on any atom is -0.490 e. The van der Waals surface area contributed by atoms with Gasteiger partial charge in [0, 0.05) is 17.5 Å². The molecule has 2 aromatic carbocycles. The Morgan fingerprint density at radius 1 is 1.21 bits per heavy atom. The highest BCUT2D eigenvalue weighted by Gasteiger charge is 2.18. The molecule has 1 N–H and O–H groups in total. The number of benzene rings is 2. The predicted octanol–water partition coefficient (Wildman–Crippen LogP) is 3.86. The van der Waals surface area contributed by atoms with Crippen molar-refractivity contribution >= 4 is 16.8 Å². The van der Waals surface area contributed by atoms with Crippen LogP contribution in [0, 0.1) is 18.3 Å². The number of ether oxygens (including phenoxy) is 2. The van der Waals surface area contributed by atoms with Crippen LogP contribution >= 0.6 is 0 Å². The summed E-state index contributed by atoms with van der Waals surface area (Å²) in [4.78, 5) is 12.8. The van der Waals surface area contributed by atoms with E-state index in [-0.39, 0.29) is 18.5 Å². The monoisotopic (exact) mass is 389 g/mol. The Kier molecular flexibility index (Phi) is 5.13. The molecule has 1 aliphatic rings. The van der Waals surface area contributed by atoms with Gasteiger partial charge in [-0.1, -0.05) is 24.3 Å². The maximum absolute atomic E-state index is 12.8. The number of hydrogen-bond acceptors (Lipinski definition) is 4. The third kappa shape index (κ3) is 3.64. The second-order valence-corrected chi connectivity index (χ2v) is 7.22. The zero-order chi connectivity index (χ0) is 20.4. The maximum atomic E-state index is 12.8. The van der Waals surface area contributed by atoms with Crippen molar-refractivity contribution in [2.45, 2.75) is 32.9 Å². The molecule has 1 aromatic heterocycles. The number of para-hydroxylation sites is 1. The van der Waals surface area contributed by atoms with Crippen LogP contribution in [0.4, 0.5) is 0 Å². The first-order valence-electron chi connectivity index (χ1n) is 9.75. The van der Waals surface area contributed by atoms with Gasteiger partial charge in [0.1, 0.15) is 12.6 Å². The van der Waals surface area contributed by atoms with Crippen molar-refractivity contribution in [3.63, 3.8) is 0 Å². The molecule has 0 unspecified atom stereocenters. The third-order valence-corrected chi connectivity index (χ3v) is 5.29. The highest BCUT2D eigenvalue weighted by Crippen LogP contribution is 2.32. The number of nitrogens with one attached hydrogen (secondary N) is 1. The van der Waals surface area contributed by atoms with Gasteiger partial charge in [0.2, 0.25) is 5.91 Å². The summed E-state index contributed by atoms with van der Waals surface area (Å²) in [5.74, 6) is 1.34. The number of fused-ring (bicyclic) bond motifs is 2. The van der Waals surface area contributed by atoms with E-state index in [4.69, 9.17) is 9.47 Å². The van der Waals surface area contributed by atoms with Crippen LogP contribution in [0.3, 0.4) is 0 Å². The number of amides is 1. The lowest BCUT2D eigenvalue weighted by Crippen LogP contribution is -2.30. The molecule has 29 heavy (non-hydrogen) atoms. The van der Waals surface area contributed by atoms with E-state index in [1.807, 2.05) is 60.9 Å². The molecule has 0 bridgehead atoms. The van der Waals surface area contributed by atoms with Crippen molar-refractivity contribution in [2.24, 2.45) is 0 Å². The molecule has 0 radical (unpaired) electrons. The van der Waals surface area contributed by atoms with Gasteiger partial charge >= 0.3 is 0 Å². The van der Waals surface area contributed by atoms with Gasteiger partial charge in [0.05, 0.1) is 30.3 Å². The molecule has 4 rings (SSSR count). The lowest BCUT2D eigenvalue weighted by atomic mass is 10.1. The quantitative estimate of drug-likeness (QED) is 0.735. The summed E-state index contributed by atoms with van der Waals surface area (Å²) in [5.41, 5.74) is 3.26. The molecule has 1 aliphatic heterocycles. The summed E-state index contributed by atoms with van der Waals surface area (Å²) in [7, 11) is 0. The highest BCUT2D eigenvalue weighted by atomic mass is 16.5. The molecule has 1 atom stereocenters. The summed E-state index contributed by atoms with van der Waals surface area (Å²) in [5, 5.41) is 13.4. The van der Waals surface area contributed by atoms with Gasteiger partial charge in [-0.3, -0.25) is 4.79 Å². The van der Waals surface area contributed by atoms with E-state index in [0.717, 1.165) is 34.3 Å². The molecule has 6 heteroatoms. The second-order valence-electron chi connectivity index (χ2n) is 7.22. The first-order valence-corrected chi connectivity index (χ1v) is 9.75. The standard InChI is InChI=1S/C23H23N3O3/c1-15(17-8-9-21-22(12-17)29-11-5-10-28-21)25-23(27)14-26-16(2)19(13-24)18-6-3-4-7-20(18)26/h3-4,6-9,12,15H,5,10-11,14H2,1-2H3,(H,25,27)/t15-/m1/s1. The Bertz CT molecular complexity index is 1110. The van der Waals surface area contributed by atoms with E-state index in [9.17, 15) is 10.1 Å². The van der Waals surface area contributed by atoms with Gasteiger partial charge in [-0.05, 0) is 37.6 Å². The molecule has 1 amide bonds. The van der Waals surface area contributed by atoms with Crippen LogP contribution < -0.4 is 14.8 Å². The second kappa shape index (κ2) is 7.88. The molecule has 3 aromatic rings. The third-order valence-electron chi connectivity index (χ3n) is 5.29. The smallest absolute Gasteiger partial charge is 0.240 e. The van der Waals surface area contributed by atoms with E-state index in [0.29, 0.717) is 24.5 Å². The van der Waals surface area contributed by atoms with Crippen LogP contribution in [0.2, 0.25) is 0 Å². The topological polar surface area (TPSA) is 76.3 Å². The van der Waals surface area contributed by atoms with Crippen molar-refractivity contribution in [1.82, 2.24) is 9.88 Å². The number of rotatable bonds is 4. The number of aromatic nitrogens is 1. The highest BCUT2D eigenvalue weighted by molar-refractivity contribution is 5.89. The Balaban J connectivity index is 1.52. The lowest BCUT2D eigenvalue weighted by molar-refractivity contribution is -0.122. The van der Waals surface area contributed by atoms with Crippen molar-refractivity contribution in [3.8, 4) is 17.6 Å². The van der Waals surface area contributed by atoms with E-state index >= 15 is 0 Å². The molecule has 0 saturated carbocycles. The van der Waals surface area contributed by atoms with Gasteiger partial charge < -0.3 is 19.4 Å². The van der Waals surface area contributed by atoms with Crippen molar-refractivity contribution in [1.29, 1.82) is 5.26 Å². The normalized spacial score (nSPS) is 14.1. The number of hydrogen-bond donors (Lipinski definition) is 1. The number of nitrogens with zero attached hydrogens (tertiary/aromatic N) is 2. The van der Waals surface area contributed by atoms with Crippen LogP contribution in [0.15, 0.2) is 42.5 Å². The van der Waals surface area contributed by atoms with Crippen molar-refractivity contribution in [2.75, 3.05) is 13.2 Å². The summed E-state index contributed by atoms with van der Waals surface area (Å²) >= 11 is 0. The molecule has 0 aliphatic carbocycles. The number of carbonyl (C=O) groups excluding carboxylic acids is 1. The van der Waals surface area contributed by atoms with Gasteiger partial charge in [-0.25, -0.2) is 0 Å². The van der Waals surface area contributed by atoms with Gasteiger partial charge in [-0.15, -0.1) is 0 Å².